The van der Waals surface area contributed by atoms with E-state index in [-0.39, 0.29) is 5.56 Å². The van der Waals surface area contributed by atoms with Crippen molar-refractivity contribution in [1.29, 1.82) is 0 Å². The molecule has 7 nitrogen and oxygen atoms in total. The lowest BCUT2D eigenvalue weighted by atomic mass is 10.1. The number of aromatic nitrogens is 6. The number of aromatic amines is 1. The fraction of sp³-hybridized carbons (Fsp3) is 0.176. The summed E-state index contributed by atoms with van der Waals surface area (Å²) < 4.78 is 3.80. The van der Waals surface area contributed by atoms with Gasteiger partial charge >= 0.3 is 0 Å². The third kappa shape index (κ3) is 2.60. The quantitative estimate of drug-likeness (QED) is 0.621. The van der Waals surface area contributed by atoms with Gasteiger partial charge in [-0.1, -0.05) is 23.4 Å². The van der Waals surface area contributed by atoms with Crippen LogP contribution in [0.2, 0.25) is 0 Å². The van der Waals surface area contributed by atoms with E-state index in [2.05, 4.69) is 20.3 Å². The highest BCUT2D eigenvalue weighted by Gasteiger charge is 2.08. The number of hydrogen-bond donors (Lipinski definition) is 1. The predicted octanol–water partition coefficient (Wildman–Crippen LogP) is 1.72. The number of rotatable bonds is 4. The molecule has 7 heteroatoms. The molecule has 0 saturated carbocycles. The van der Waals surface area contributed by atoms with Crippen molar-refractivity contribution >= 4 is 10.8 Å². The molecule has 120 valence electrons. The topological polar surface area (TPSA) is 81.4 Å². The monoisotopic (exact) mass is 320 g/mol. The largest absolute Gasteiger partial charge is 0.329 e. The van der Waals surface area contributed by atoms with Gasteiger partial charge in [-0.05, 0) is 23.9 Å². The van der Waals surface area contributed by atoms with E-state index in [0.717, 1.165) is 22.5 Å². The summed E-state index contributed by atoms with van der Waals surface area (Å²) in [6.07, 6.45) is 7.35. The van der Waals surface area contributed by atoms with Gasteiger partial charge in [0.15, 0.2) is 0 Å². The summed E-state index contributed by atoms with van der Waals surface area (Å²) in [5.74, 6) is 0.941. The zero-order chi connectivity index (χ0) is 16.5. The molecule has 0 fully saturated rings. The maximum Gasteiger partial charge on any atom is 0.255 e. The summed E-state index contributed by atoms with van der Waals surface area (Å²) in [7, 11) is 0. The number of benzene rings is 1. The number of aryl methyl sites for hydroxylation is 1. The molecule has 24 heavy (non-hydrogen) atoms. The molecule has 0 spiro atoms. The molecule has 0 atom stereocenters. The Morgan fingerprint density at radius 1 is 1.17 bits per heavy atom. The second-order valence-corrected chi connectivity index (χ2v) is 5.70. The third-order valence-corrected chi connectivity index (χ3v) is 4.07. The number of pyridine rings is 1. The van der Waals surface area contributed by atoms with E-state index in [0.29, 0.717) is 18.5 Å². The van der Waals surface area contributed by atoms with E-state index in [1.165, 1.54) is 0 Å². The first-order valence-electron chi connectivity index (χ1n) is 7.67. The van der Waals surface area contributed by atoms with Crippen LogP contribution in [0, 0.1) is 6.92 Å². The smallest absolute Gasteiger partial charge is 0.255 e. The molecule has 1 N–H and O–H groups in total. The summed E-state index contributed by atoms with van der Waals surface area (Å²) in [4.78, 5) is 18.9. The van der Waals surface area contributed by atoms with Crippen molar-refractivity contribution in [1.82, 2.24) is 29.5 Å². The van der Waals surface area contributed by atoms with Gasteiger partial charge in [-0.15, -0.1) is 5.10 Å². The molecule has 0 unspecified atom stereocenters. The van der Waals surface area contributed by atoms with Gasteiger partial charge in [-0.2, -0.15) is 0 Å². The van der Waals surface area contributed by atoms with Gasteiger partial charge in [-0.3, -0.25) is 4.79 Å². The van der Waals surface area contributed by atoms with Crippen LogP contribution in [0.1, 0.15) is 17.1 Å². The summed E-state index contributed by atoms with van der Waals surface area (Å²) in [5, 5.41) is 10.0. The first-order chi connectivity index (χ1) is 11.7. The first kappa shape index (κ1) is 14.4. The highest BCUT2D eigenvalue weighted by Crippen LogP contribution is 2.15. The maximum absolute atomic E-state index is 11.9. The lowest BCUT2D eigenvalue weighted by Gasteiger charge is -2.05. The second kappa shape index (κ2) is 5.77. The zero-order valence-electron chi connectivity index (χ0n) is 13.2. The van der Waals surface area contributed by atoms with Crippen LogP contribution in [0.5, 0.6) is 0 Å². The molecule has 4 aromatic rings. The van der Waals surface area contributed by atoms with Crippen molar-refractivity contribution in [3.63, 3.8) is 0 Å². The van der Waals surface area contributed by atoms with E-state index in [1.54, 1.807) is 17.1 Å². The molecule has 4 rings (SSSR count). The van der Waals surface area contributed by atoms with Crippen molar-refractivity contribution in [3.8, 4) is 0 Å². The number of imidazole rings is 1. The Bertz CT molecular complexity index is 1060. The first-order valence-corrected chi connectivity index (χ1v) is 7.67. The fourth-order valence-corrected chi connectivity index (χ4v) is 2.81. The SMILES string of the molecule is Cc1nccn1Cc1cn(Cc2c[nH]c(=O)c3ccccc23)nn1. The van der Waals surface area contributed by atoms with Crippen molar-refractivity contribution in [2.24, 2.45) is 0 Å². The van der Waals surface area contributed by atoms with Gasteiger partial charge in [0.2, 0.25) is 0 Å². The fourth-order valence-electron chi connectivity index (χ4n) is 2.81. The van der Waals surface area contributed by atoms with E-state index >= 15 is 0 Å². The molecule has 0 bridgehead atoms. The van der Waals surface area contributed by atoms with Gasteiger partial charge in [0.1, 0.15) is 11.5 Å². The Kier molecular flexibility index (Phi) is 3.45. The van der Waals surface area contributed by atoms with Crippen molar-refractivity contribution in [2.75, 3.05) is 0 Å². The van der Waals surface area contributed by atoms with Crippen molar-refractivity contribution in [3.05, 3.63) is 76.5 Å². The van der Waals surface area contributed by atoms with Gasteiger partial charge in [0.25, 0.3) is 5.56 Å². The standard InChI is InChI=1S/C17H16N6O/c1-12-18-6-7-22(12)10-14-11-23(21-20-14)9-13-8-19-17(24)16-5-3-2-4-15(13)16/h2-8,11H,9-10H2,1H3,(H,19,24). The summed E-state index contributed by atoms with van der Waals surface area (Å²) in [6, 6.07) is 7.57. The Morgan fingerprint density at radius 3 is 2.79 bits per heavy atom. The lowest BCUT2D eigenvalue weighted by Crippen LogP contribution is -2.09. The molecule has 3 heterocycles. The van der Waals surface area contributed by atoms with Crippen molar-refractivity contribution < 1.29 is 0 Å². The molecule has 0 amide bonds. The van der Waals surface area contributed by atoms with Gasteiger partial charge in [0, 0.05) is 24.0 Å². The summed E-state index contributed by atoms with van der Waals surface area (Å²) in [5.41, 5.74) is 1.79. The minimum Gasteiger partial charge on any atom is -0.329 e. The number of fused-ring (bicyclic) bond motifs is 1. The molecular weight excluding hydrogens is 304 g/mol. The lowest BCUT2D eigenvalue weighted by molar-refractivity contribution is 0.649. The van der Waals surface area contributed by atoms with Crippen LogP contribution in [0.3, 0.4) is 0 Å². The molecule has 1 aromatic carbocycles. The Morgan fingerprint density at radius 2 is 2.00 bits per heavy atom. The molecular formula is C17H16N6O. The third-order valence-electron chi connectivity index (χ3n) is 4.07. The van der Waals surface area contributed by atoms with Crippen LogP contribution in [-0.4, -0.2) is 29.5 Å². The molecule has 0 aliphatic heterocycles. The van der Waals surface area contributed by atoms with Gasteiger partial charge in [0.05, 0.1) is 19.3 Å². The van der Waals surface area contributed by atoms with Crippen LogP contribution in [0.15, 0.2) is 53.8 Å². The number of hydrogen-bond acceptors (Lipinski definition) is 4. The summed E-state index contributed by atoms with van der Waals surface area (Å²) >= 11 is 0. The van der Waals surface area contributed by atoms with E-state index in [9.17, 15) is 4.79 Å². The van der Waals surface area contributed by atoms with Crippen LogP contribution in [0.4, 0.5) is 0 Å². The number of nitrogens with zero attached hydrogens (tertiary/aromatic N) is 5. The van der Waals surface area contributed by atoms with E-state index in [4.69, 9.17) is 0 Å². The van der Waals surface area contributed by atoms with Crippen LogP contribution >= 0.6 is 0 Å². The number of nitrogens with one attached hydrogen (secondary N) is 1. The molecule has 0 aliphatic rings. The van der Waals surface area contributed by atoms with Gasteiger partial charge in [-0.25, -0.2) is 9.67 Å². The normalized spacial score (nSPS) is 11.2. The Hall–Kier alpha value is -3.22. The van der Waals surface area contributed by atoms with E-state index < -0.39 is 0 Å². The predicted molar refractivity (Wildman–Crippen MR) is 89.8 cm³/mol. The highest BCUT2D eigenvalue weighted by molar-refractivity contribution is 5.84. The molecule has 0 radical (unpaired) electrons. The minimum atomic E-state index is -0.0794. The average molecular weight is 320 g/mol. The zero-order valence-corrected chi connectivity index (χ0v) is 13.2. The molecule has 3 aromatic heterocycles. The maximum atomic E-state index is 11.9. The van der Waals surface area contributed by atoms with Crippen LogP contribution < -0.4 is 5.56 Å². The highest BCUT2D eigenvalue weighted by atomic mass is 16.1. The van der Waals surface area contributed by atoms with Gasteiger partial charge < -0.3 is 9.55 Å². The summed E-state index contributed by atoms with van der Waals surface area (Å²) in [6.45, 7) is 3.14. The molecule has 0 saturated heterocycles. The second-order valence-electron chi connectivity index (χ2n) is 5.70. The van der Waals surface area contributed by atoms with Crippen molar-refractivity contribution in [2.45, 2.75) is 20.0 Å². The minimum absolute atomic E-state index is 0.0794. The van der Waals surface area contributed by atoms with Crippen LogP contribution in [-0.2, 0) is 13.1 Å². The van der Waals surface area contributed by atoms with Crippen LogP contribution in [0.25, 0.3) is 10.8 Å². The Labute approximate surface area is 137 Å². The van der Waals surface area contributed by atoms with E-state index in [1.807, 2.05) is 48.1 Å². The Balaban J connectivity index is 1.62. The number of H-pyrrole nitrogens is 1. The molecule has 0 aliphatic carbocycles. The average Bonchev–Trinajstić information content (AvgIpc) is 3.20.